The smallest absolute Gasteiger partial charge is 0.475 e. The number of alkyl carbamates (subject to hydrolysis) is 1. The summed E-state index contributed by atoms with van der Waals surface area (Å²) < 4.78 is 86.4. The van der Waals surface area contributed by atoms with Gasteiger partial charge in [-0.3, -0.25) is 13.6 Å². The number of benzene rings is 4. The Hall–Kier alpha value is -4.11. The van der Waals surface area contributed by atoms with E-state index >= 15 is 0 Å². The Bertz CT molecular complexity index is 1960. The molecule has 13 nitrogen and oxygen atoms in total. The van der Waals surface area contributed by atoms with Crippen LogP contribution in [0.5, 0.6) is 5.75 Å². The third kappa shape index (κ3) is 12.0. The van der Waals surface area contributed by atoms with Crippen molar-refractivity contribution in [2.75, 3.05) is 33.4 Å². The molecule has 0 aliphatic carbocycles. The highest BCUT2D eigenvalue weighted by Gasteiger charge is 2.45. The van der Waals surface area contributed by atoms with E-state index in [1.165, 1.54) is 23.5 Å². The predicted octanol–water partition coefficient (Wildman–Crippen LogP) is 7.37. The number of rotatable bonds is 20. The Kier molecular flexibility index (Phi) is 14.9. The molecule has 0 saturated carbocycles. The van der Waals surface area contributed by atoms with E-state index in [-0.39, 0.29) is 56.1 Å². The fraction of sp³-hybridized carbons (Fsp3) is 0.405. The zero-order valence-electron chi connectivity index (χ0n) is 32.4. The molecule has 0 radical (unpaired) electrons. The summed E-state index contributed by atoms with van der Waals surface area (Å²) in [6.07, 6.45) is -2.26. The van der Waals surface area contributed by atoms with Crippen LogP contribution in [0.15, 0.2) is 120 Å². The van der Waals surface area contributed by atoms with Crippen molar-refractivity contribution in [2.24, 2.45) is 11.8 Å². The van der Waals surface area contributed by atoms with Crippen molar-refractivity contribution in [3.05, 3.63) is 132 Å². The maximum Gasteiger partial charge on any atom is 0.475 e. The average Bonchev–Trinajstić information content (AvgIpc) is 3.85. The van der Waals surface area contributed by atoms with Crippen LogP contribution in [0.2, 0.25) is 0 Å². The molecule has 2 aliphatic heterocycles. The van der Waals surface area contributed by atoms with Crippen molar-refractivity contribution in [3.8, 4) is 5.75 Å². The van der Waals surface area contributed by atoms with Crippen molar-refractivity contribution in [1.82, 2.24) is 9.62 Å². The van der Waals surface area contributed by atoms with Gasteiger partial charge in [0.2, 0.25) is 10.0 Å². The van der Waals surface area contributed by atoms with Crippen LogP contribution >= 0.6 is 7.82 Å². The monoisotopic (exact) mass is 822 g/mol. The van der Waals surface area contributed by atoms with Crippen molar-refractivity contribution >= 4 is 23.9 Å². The molecule has 2 fully saturated rings. The summed E-state index contributed by atoms with van der Waals surface area (Å²) in [6, 6.07) is 32.6. The minimum Gasteiger partial charge on any atom is -0.497 e. The van der Waals surface area contributed by atoms with Crippen LogP contribution < -0.4 is 10.1 Å². The standard InChI is InChI=1S/C42H51N2O11PS/c1-31(2)26-44(57(47,48)36-21-19-35(49-3)20-22-36)27-39(55-56(46,52-28-33-15-9-5-10-16-33)53-29-34-17-11-6-12-18-34)38(25-32-13-7-4-8-14-32)43-42(45)54-40-30-51-41-37(40)23-24-50-41/h4-22,31,37-41H,23-30H2,1-3H3,(H,43,45)/t37-,38-,39+,40-,41+/m0/s1. The first kappa shape index (κ1) is 42.5. The number of nitrogens with zero attached hydrogens (tertiary/aromatic N) is 1. The van der Waals surface area contributed by atoms with Crippen LogP contribution in [0.3, 0.4) is 0 Å². The molecule has 4 aromatic carbocycles. The molecule has 4 aromatic rings. The summed E-state index contributed by atoms with van der Waals surface area (Å²) in [4.78, 5) is 13.9. The predicted molar refractivity (Wildman–Crippen MR) is 213 cm³/mol. The lowest BCUT2D eigenvalue weighted by Crippen LogP contribution is -2.52. The molecule has 15 heteroatoms. The first-order valence-electron chi connectivity index (χ1n) is 19.0. The first-order valence-corrected chi connectivity index (χ1v) is 22.0. The molecule has 306 valence electrons. The van der Waals surface area contributed by atoms with Gasteiger partial charge in [0.05, 0.1) is 50.4 Å². The highest BCUT2D eigenvalue weighted by Crippen LogP contribution is 2.53. The third-order valence-corrected chi connectivity index (χ3v) is 12.9. The minimum absolute atomic E-state index is 0.0214. The van der Waals surface area contributed by atoms with Crippen molar-refractivity contribution in [1.29, 1.82) is 0 Å². The molecule has 2 aliphatic rings. The van der Waals surface area contributed by atoms with Gasteiger partial charge in [0.25, 0.3) is 0 Å². The fourth-order valence-corrected chi connectivity index (χ4v) is 9.71. The van der Waals surface area contributed by atoms with E-state index in [0.717, 1.165) is 5.56 Å². The Morgan fingerprint density at radius 2 is 1.40 bits per heavy atom. The number of methoxy groups -OCH3 is 1. The summed E-state index contributed by atoms with van der Waals surface area (Å²) in [5.41, 5.74) is 2.21. The highest BCUT2D eigenvalue weighted by molar-refractivity contribution is 7.89. The van der Waals surface area contributed by atoms with Crippen LogP contribution in [-0.2, 0) is 62.0 Å². The highest BCUT2D eigenvalue weighted by atomic mass is 32.2. The van der Waals surface area contributed by atoms with Crippen LogP contribution in [0, 0.1) is 11.8 Å². The SMILES string of the molecule is COc1ccc(S(=O)(=O)N(CC(C)C)C[C@@H](OP(=O)(OCc2ccccc2)OCc2ccccc2)[C@H](Cc2ccccc2)NC(=O)O[C@H]2CO[C@H]3OCC[C@H]32)cc1. The first-order chi connectivity index (χ1) is 27.5. The lowest BCUT2D eigenvalue weighted by molar-refractivity contribution is -0.0907. The molecule has 2 heterocycles. The maximum absolute atomic E-state index is 15.0. The lowest BCUT2D eigenvalue weighted by atomic mass is 10.0. The third-order valence-electron chi connectivity index (χ3n) is 9.67. The number of nitrogens with one attached hydrogen (secondary N) is 1. The number of fused-ring (bicyclic) bond motifs is 1. The van der Waals surface area contributed by atoms with Crippen molar-refractivity contribution in [2.45, 2.75) is 69.3 Å². The zero-order chi connectivity index (χ0) is 40.3. The van der Waals surface area contributed by atoms with E-state index < -0.39 is 48.5 Å². The molecule has 5 atom stereocenters. The van der Waals surface area contributed by atoms with E-state index in [0.29, 0.717) is 29.9 Å². The quantitative estimate of drug-likeness (QED) is 0.0892. The number of hydrogen-bond acceptors (Lipinski definition) is 11. The number of ether oxygens (including phenoxy) is 4. The number of carbonyl (C=O) groups excluding carboxylic acids is 1. The number of sulfonamides is 1. The number of amides is 1. The van der Waals surface area contributed by atoms with Gasteiger partial charge in [0, 0.05) is 13.1 Å². The van der Waals surface area contributed by atoms with Gasteiger partial charge in [-0.15, -0.1) is 0 Å². The second-order valence-electron chi connectivity index (χ2n) is 14.4. The Morgan fingerprint density at radius 3 is 1.96 bits per heavy atom. The maximum atomic E-state index is 15.0. The Balaban J connectivity index is 1.38. The van der Waals surface area contributed by atoms with Gasteiger partial charge in [0.15, 0.2) is 6.29 Å². The summed E-state index contributed by atoms with van der Waals surface area (Å²) in [5.74, 6) is 0.236. The van der Waals surface area contributed by atoms with Gasteiger partial charge in [-0.25, -0.2) is 17.8 Å². The molecule has 1 amide bonds. The van der Waals surface area contributed by atoms with E-state index in [2.05, 4.69) is 5.32 Å². The molecule has 0 spiro atoms. The van der Waals surface area contributed by atoms with Gasteiger partial charge >= 0.3 is 13.9 Å². The largest absolute Gasteiger partial charge is 0.497 e. The Labute approximate surface area is 335 Å². The topological polar surface area (TPSA) is 148 Å². The number of phosphoric acid groups is 1. The van der Waals surface area contributed by atoms with Crippen LogP contribution in [0.1, 0.15) is 37.0 Å². The normalized spacial score (nSPS) is 19.3. The minimum atomic E-state index is -4.54. The molecular weight excluding hydrogens is 772 g/mol. The number of carbonyl (C=O) groups is 1. The van der Waals surface area contributed by atoms with Crippen LogP contribution in [0.25, 0.3) is 0 Å². The van der Waals surface area contributed by atoms with Gasteiger partial charge in [0.1, 0.15) is 18.0 Å². The molecule has 0 unspecified atom stereocenters. The number of hydrogen-bond donors (Lipinski definition) is 1. The molecule has 0 bridgehead atoms. The molecule has 1 N–H and O–H groups in total. The van der Waals surface area contributed by atoms with E-state index in [9.17, 15) is 17.8 Å². The second kappa shape index (κ2) is 20.0. The fourth-order valence-electron chi connectivity index (χ4n) is 6.74. The van der Waals surface area contributed by atoms with Crippen molar-refractivity contribution < 1.29 is 50.3 Å². The second-order valence-corrected chi connectivity index (χ2v) is 18.0. The van der Waals surface area contributed by atoms with Gasteiger partial charge in [-0.1, -0.05) is 105 Å². The molecule has 6 rings (SSSR count). The Morgan fingerprint density at radius 1 is 0.825 bits per heavy atom. The molecule has 2 saturated heterocycles. The van der Waals surface area contributed by atoms with Crippen LogP contribution in [-0.4, -0.2) is 76.8 Å². The molecule has 57 heavy (non-hydrogen) atoms. The van der Waals surface area contributed by atoms with E-state index in [4.69, 9.17) is 32.5 Å². The lowest BCUT2D eigenvalue weighted by Gasteiger charge is -2.35. The van der Waals surface area contributed by atoms with Crippen LogP contribution in [0.4, 0.5) is 4.79 Å². The summed E-state index contributed by atoms with van der Waals surface area (Å²) in [7, 11) is -7.24. The van der Waals surface area contributed by atoms with Crippen molar-refractivity contribution in [3.63, 3.8) is 0 Å². The molecular formula is C42H51N2O11PS. The van der Waals surface area contributed by atoms with Gasteiger partial charge in [-0.2, -0.15) is 4.31 Å². The van der Waals surface area contributed by atoms with E-state index in [1.54, 1.807) is 12.1 Å². The summed E-state index contributed by atoms with van der Waals surface area (Å²) >= 11 is 0. The summed E-state index contributed by atoms with van der Waals surface area (Å²) in [6.45, 7) is 3.91. The van der Waals surface area contributed by atoms with E-state index in [1.807, 2.05) is 105 Å². The van der Waals surface area contributed by atoms with Gasteiger partial charge in [-0.05, 0) is 59.7 Å². The number of phosphoric ester groups is 1. The van der Waals surface area contributed by atoms with Gasteiger partial charge < -0.3 is 24.3 Å². The zero-order valence-corrected chi connectivity index (χ0v) is 34.1. The molecule has 0 aromatic heterocycles. The average molecular weight is 823 g/mol. The summed E-state index contributed by atoms with van der Waals surface area (Å²) in [5, 5.41) is 2.95.